The van der Waals surface area contributed by atoms with Gasteiger partial charge >= 0.3 is 5.97 Å². The van der Waals surface area contributed by atoms with Gasteiger partial charge in [0, 0.05) is 0 Å². The van der Waals surface area contributed by atoms with Crippen molar-refractivity contribution in [1.29, 1.82) is 0 Å². The monoisotopic (exact) mass is 360 g/mol. The third kappa shape index (κ3) is 2.25. The van der Waals surface area contributed by atoms with Crippen LogP contribution in [0.15, 0.2) is 0 Å². The molecule has 0 aromatic heterocycles. The average Bonchev–Trinajstić information content (AvgIpc) is 2.98. The Morgan fingerprint density at radius 1 is 1.04 bits per heavy atom. The molecule has 0 aromatic carbocycles. The normalized spacial score (nSPS) is 51.5. The van der Waals surface area contributed by atoms with Crippen molar-refractivity contribution in [2.24, 2.45) is 46.8 Å². The van der Waals surface area contributed by atoms with Gasteiger partial charge in [-0.1, -0.05) is 27.7 Å². The van der Waals surface area contributed by atoms with Crippen LogP contribution in [0.25, 0.3) is 0 Å². The molecule has 0 radical (unpaired) electrons. The van der Waals surface area contributed by atoms with E-state index in [2.05, 4.69) is 27.7 Å². The number of carbonyl (C=O) groups is 1. The van der Waals surface area contributed by atoms with Gasteiger partial charge in [-0.05, 0) is 92.3 Å². The number of rotatable bonds is 5. The molecule has 6 saturated carbocycles. The molecule has 6 aliphatic carbocycles. The van der Waals surface area contributed by atoms with Gasteiger partial charge in [0.05, 0.1) is 11.5 Å². The van der Waals surface area contributed by atoms with Crippen LogP contribution >= 0.6 is 0 Å². The number of fused-ring (bicyclic) bond motifs is 1. The van der Waals surface area contributed by atoms with E-state index in [4.69, 9.17) is 4.74 Å². The molecule has 0 heterocycles. The lowest BCUT2D eigenvalue weighted by atomic mass is 9.40. The molecule has 5 unspecified atom stereocenters. The number of carbonyl (C=O) groups excluding carboxylic acids is 1. The highest BCUT2D eigenvalue weighted by Crippen LogP contribution is 2.79. The van der Waals surface area contributed by atoms with Crippen LogP contribution in [0.1, 0.15) is 79.1 Å². The molecule has 0 saturated heterocycles. The number of ether oxygens (including phenoxy) is 1. The summed E-state index contributed by atoms with van der Waals surface area (Å²) in [6.07, 6.45) is 8.46. The van der Waals surface area contributed by atoms with E-state index in [0.717, 1.165) is 44.9 Å². The first-order valence-electron chi connectivity index (χ1n) is 11.1. The largest absolute Gasteiger partial charge is 0.459 e. The second kappa shape index (κ2) is 5.27. The zero-order valence-corrected chi connectivity index (χ0v) is 17.0. The van der Waals surface area contributed by atoms with Crippen LogP contribution in [0.3, 0.4) is 0 Å². The van der Waals surface area contributed by atoms with Crippen molar-refractivity contribution in [3.05, 3.63) is 0 Å². The molecule has 146 valence electrons. The van der Waals surface area contributed by atoms with Crippen molar-refractivity contribution < 1.29 is 14.6 Å². The lowest BCUT2D eigenvalue weighted by Gasteiger charge is -2.66. The second-order valence-electron chi connectivity index (χ2n) is 11.7. The van der Waals surface area contributed by atoms with E-state index in [9.17, 15) is 9.90 Å². The summed E-state index contributed by atoms with van der Waals surface area (Å²) in [6.45, 7) is 8.71. The van der Waals surface area contributed by atoms with Crippen LogP contribution < -0.4 is 0 Å². The summed E-state index contributed by atoms with van der Waals surface area (Å²) < 4.78 is 6.46. The van der Waals surface area contributed by atoms with Crippen LogP contribution in [0.2, 0.25) is 0 Å². The lowest BCUT2D eigenvalue weighted by molar-refractivity contribution is -0.238. The van der Waals surface area contributed by atoms with Gasteiger partial charge in [-0.2, -0.15) is 0 Å². The summed E-state index contributed by atoms with van der Waals surface area (Å²) in [4.78, 5) is 13.2. The van der Waals surface area contributed by atoms with E-state index < -0.39 is 5.60 Å². The Hall–Kier alpha value is -0.570. The summed E-state index contributed by atoms with van der Waals surface area (Å²) in [5.74, 6) is 3.71. The second-order valence-corrected chi connectivity index (χ2v) is 11.7. The van der Waals surface area contributed by atoms with Gasteiger partial charge in [0.2, 0.25) is 0 Å². The maximum Gasteiger partial charge on any atom is 0.309 e. The summed E-state index contributed by atoms with van der Waals surface area (Å²) in [5.41, 5.74) is -0.309. The SMILES string of the molecule is CC(C)CC(C(=O)OC12CC3CC(C1)C1CC4(O)CC3C1(C4)C2)C(C)C. The number of aliphatic hydroxyl groups is 1. The molecule has 6 fully saturated rings. The van der Waals surface area contributed by atoms with E-state index >= 15 is 0 Å². The minimum absolute atomic E-state index is 0.0257. The molecule has 5 bridgehead atoms. The number of hydrogen-bond acceptors (Lipinski definition) is 3. The summed E-state index contributed by atoms with van der Waals surface area (Å²) in [7, 11) is 0. The molecule has 0 amide bonds. The van der Waals surface area contributed by atoms with Crippen LogP contribution in [0.4, 0.5) is 0 Å². The summed E-state index contributed by atoms with van der Waals surface area (Å²) >= 11 is 0. The number of esters is 1. The predicted octanol–water partition coefficient (Wildman–Crippen LogP) is 4.57. The fourth-order valence-electron chi connectivity index (χ4n) is 8.71. The fourth-order valence-corrected chi connectivity index (χ4v) is 8.71. The predicted molar refractivity (Wildman–Crippen MR) is 100 cm³/mol. The van der Waals surface area contributed by atoms with Crippen molar-refractivity contribution in [2.75, 3.05) is 0 Å². The lowest BCUT2D eigenvalue weighted by Crippen LogP contribution is -2.64. The molecule has 0 aliphatic heterocycles. The van der Waals surface area contributed by atoms with Crippen LogP contribution in [0, 0.1) is 46.8 Å². The first-order valence-corrected chi connectivity index (χ1v) is 11.1. The molecule has 5 atom stereocenters. The minimum Gasteiger partial charge on any atom is -0.459 e. The molecule has 6 aliphatic rings. The number of hydrogen-bond donors (Lipinski definition) is 1. The quantitative estimate of drug-likeness (QED) is 0.731. The van der Waals surface area contributed by atoms with Gasteiger partial charge in [-0.3, -0.25) is 4.79 Å². The Morgan fingerprint density at radius 2 is 1.65 bits per heavy atom. The average molecular weight is 361 g/mol. The summed E-state index contributed by atoms with van der Waals surface area (Å²) in [6, 6.07) is 0. The van der Waals surface area contributed by atoms with Crippen molar-refractivity contribution in [2.45, 2.75) is 90.3 Å². The van der Waals surface area contributed by atoms with E-state index in [0.29, 0.717) is 40.9 Å². The van der Waals surface area contributed by atoms with Crippen molar-refractivity contribution >= 4 is 5.97 Å². The standard InChI is InChI=1S/C23H36O3/c1-13(2)5-17(14(3)4)20(24)26-22-7-15-6-16(8-22)19-10-21(25)9-18(15)23(19,11-21)12-22/h13-19,25H,5-12H2,1-4H3. The van der Waals surface area contributed by atoms with E-state index in [1.54, 1.807) is 0 Å². The Bertz CT molecular complexity index is 599. The van der Waals surface area contributed by atoms with Gasteiger partial charge in [0.1, 0.15) is 5.60 Å². The van der Waals surface area contributed by atoms with Gasteiger partial charge in [0.25, 0.3) is 0 Å². The molecule has 0 aromatic rings. The molecule has 3 nitrogen and oxygen atoms in total. The highest BCUT2D eigenvalue weighted by molar-refractivity contribution is 5.73. The van der Waals surface area contributed by atoms with E-state index in [1.165, 1.54) is 6.42 Å². The molecule has 6 rings (SSSR count). The zero-order valence-electron chi connectivity index (χ0n) is 17.0. The highest BCUT2D eigenvalue weighted by Gasteiger charge is 2.76. The smallest absolute Gasteiger partial charge is 0.309 e. The van der Waals surface area contributed by atoms with Gasteiger partial charge in [-0.25, -0.2) is 0 Å². The van der Waals surface area contributed by atoms with Gasteiger partial charge < -0.3 is 9.84 Å². The molecule has 1 spiro atoms. The maximum absolute atomic E-state index is 13.2. The van der Waals surface area contributed by atoms with Crippen molar-refractivity contribution in [3.8, 4) is 0 Å². The topological polar surface area (TPSA) is 46.5 Å². The van der Waals surface area contributed by atoms with E-state index in [-0.39, 0.29) is 17.5 Å². The van der Waals surface area contributed by atoms with Gasteiger partial charge in [-0.15, -0.1) is 0 Å². The first kappa shape index (κ1) is 17.5. The van der Waals surface area contributed by atoms with Crippen LogP contribution in [-0.2, 0) is 9.53 Å². The van der Waals surface area contributed by atoms with E-state index in [1.807, 2.05) is 0 Å². The fraction of sp³-hybridized carbons (Fsp3) is 0.957. The molecular weight excluding hydrogens is 324 g/mol. The van der Waals surface area contributed by atoms with Crippen LogP contribution in [-0.4, -0.2) is 22.3 Å². The Kier molecular flexibility index (Phi) is 3.55. The first-order chi connectivity index (χ1) is 12.2. The molecular formula is C23H36O3. The Labute approximate surface area is 158 Å². The van der Waals surface area contributed by atoms with Crippen molar-refractivity contribution in [1.82, 2.24) is 0 Å². The molecule has 3 heteroatoms. The Balaban J connectivity index is 1.41. The third-order valence-corrected chi connectivity index (χ3v) is 9.15. The maximum atomic E-state index is 13.2. The minimum atomic E-state index is -0.394. The van der Waals surface area contributed by atoms with Crippen LogP contribution in [0.5, 0.6) is 0 Å². The third-order valence-electron chi connectivity index (χ3n) is 9.15. The summed E-state index contributed by atoms with van der Waals surface area (Å²) in [5, 5.41) is 11.0. The van der Waals surface area contributed by atoms with Gasteiger partial charge in [0.15, 0.2) is 0 Å². The highest BCUT2D eigenvalue weighted by atomic mass is 16.6. The van der Waals surface area contributed by atoms with Crippen molar-refractivity contribution in [3.63, 3.8) is 0 Å². The zero-order chi connectivity index (χ0) is 18.5. The molecule has 26 heavy (non-hydrogen) atoms. The molecule has 1 N–H and O–H groups in total. The Morgan fingerprint density at radius 3 is 2.19 bits per heavy atom.